The molecule has 0 heterocycles. The van der Waals surface area contributed by atoms with Gasteiger partial charge in [0.2, 0.25) is 0 Å². The number of aliphatic carboxylic acids is 1. The van der Waals surface area contributed by atoms with Crippen LogP contribution in [0.4, 0.5) is 0 Å². The van der Waals surface area contributed by atoms with Gasteiger partial charge in [0.05, 0.1) is 21.3 Å². The van der Waals surface area contributed by atoms with E-state index in [9.17, 15) is 9.59 Å². The highest BCUT2D eigenvalue weighted by molar-refractivity contribution is 8.12. The number of carbonyl (C=O) groups excluding carboxylic acids is 1. The standard InChI is InChI=1S/C15H21NO6S/c1-20-9-6-12(21-2)10(13(7-9)22-3)8-23-14(17)5-4-11(16)15(18)19/h6-7,11H,4-5,8,16H2,1-3H3,(H,18,19)/t11-/m0/s1. The highest BCUT2D eigenvalue weighted by Crippen LogP contribution is 2.36. The van der Waals surface area contributed by atoms with Crippen molar-refractivity contribution >= 4 is 22.8 Å². The van der Waals surface area contributed by atoms with Crippen LogP contribution in [0.5, 0.6) is 17.2 Å². The number of nitrogens with two attached hydrogens (primary N) is 1. The Bertz CT molecular complexity index is 538. The molecule has 0 fully saturated rings. The molecule has 7 nitrogen and oxygen atoms in total. The maximum absolute atomic E-state index is 11.9. The SMILES string of the molecule is COc1cc(OC)c(CSC(=O)CC[C@H](N)C(=O)O)c(OC)c1. The first-order valence-electron chi connectivity index (χ1n) is 6.85. The molecule has 0 aliphatic heterocycles. The van der Waals surface area contributed by atoms with E-state index in [0.29, 0.717) is 23.0 Å². The fourth-order valence-electron chi connectivity index (χ4n) is 1.84. The molecule has 0 amide bonds. The second-order valence-electron chi connectivity index (χ2n) is 4.65. The predicted octanol–water partition coefficient (Wildman–Crippen LogP) is 1.66. The lowest BCUT2D eigenvalue weighted by Gasteiger charge is -2.14. The zero-order valence-electron chi connectivity index (χ0n) is 13.3. The van der Waals surface area contributed by atoms with Gasteiger partial charge in [-0.25, -0.2) is 0 Å². The molecule has 1 rings (SSSR count). The van der Waals surface area contributed by atoms with Crippen molar-refractivity contribution < 1.29 is 28.9 Å². The van der Waals surface area contributed by atoms with Crippen LogP contribution in [0.3, 0.4) is 0 Å². The second kappa shape index (κ2) is 9.26. The lowest BCUT2D eigenvalue weighted by atomic mass is 10.2. The molecule has 0 aliphatic rings. The lowest BCUT2D eigenvalue weighted by Crippen LogP contribution is -2.30. The number of hydrogen-bond acceptors (Lipinski definition) is 7. The second-order valence-corrected chi connectivity index (χ2v) is 5.69. The van der Waals surface area contributed by atoms with E-state index in [-0.39, 0.29) is 18.0 Å². The fourth-order valence-corrected chi connectivity index (χ4v) is 2.69. The third-order valence-electron chi connectivity index (χ3n) is 3.17. The maximum atomic E-state index is 11.9. The van der Waals surface area contributed by atoms with Crippen LogP contribution in [0.1, 0.15) is 18.4 Å². The molecule has 0 aliphatic carbocycles. The Morgan fingerprint density at radius 2 is 1.74 bits per heavy atom. The van der Waals surface area contributed by atoms with Gasteiger partial charge >= 0.3 is 5.97 Å². The van der Waals surface area contributed by atoms with E-state index in [2.05, 4.69) is 0 Å². The molecule has 8 heteroatoms. The molecule has 0 aromatic heterocycles. The Morgan fingerprint density at radius 3 is 2.17 bits per heavy atom. The number of thioether (sulfide) groups is 1. The minimum atomic E-state index is -1.11. The Balaban J connectivity index is 2.73. The van der Waals surface area contributed by atoms with Gasteiger partial charge < -0.3 is 25.1 Å². The normalized spacial score (nSPS) is 11.7. The van der Waals surface area contributed by atoms with Gasteiger partial charge in [-0.1, -0.05) is 11.8 Å². The largest absolute Gasteiger partial charge is 0.496 e. The number of carboxylic acid groups (broad SMARTS) is 1. The minimum Gasteiger partial charge on any atom is -0.496 e. The Labute approximate surface area is 139 Å². The Hall–Kier alpha value is -1.93. The number of carboxylic acids is 1. The van der Waals surface area contributed by atoms with E-state index < -0.39 is 12.0 Å². The Morgan fingerprint density at radius 1 is 1.17 bits per heavy atom. The van der Waals surface area contributed by atoms with Gasteiger partial charge in [0, 0.05) is 29.9 Å². The summed E-state index contributed by atoms with van der Waals surface area (Å²) in [6.45, 7) is 0. The molecular weight excluding hydrogens is 322 g/mol. The average molecular weight is 343 g/mol. The van der Waals surface area contributed by atoms with Crippen LogP contribution < -0.4 is 19.9 Å². The van der Waals surface area contributed by atoms with Crippen molar-refractivity contribution in [1.82, 2.24) is 0 Å². The molecule has 0 radical (unpaired) electrons. The summed E-state index contributed by atoms with van der Waals surface area (Å²) < 4.78 is 15.8. The number of ether oxygens (including phenoxy) is 3. The summed E-state index contributed by atoms with van der Waals surface area (Å²) in [6.07, 6.45) is 0.205. The molecule has 0 saturated heterocycles. The van der Waals surface area contributed by atoms with E-state index in [4.69, 9.17) is 25.1 Å². The van der Waals surface area contributed by atoms with Crippen LogP contribution in [-0.2, 0) is 15.3 Å². The lowest BCUT2D eigenvalue weighted by molar-refractivity contribution is -0.138. The van der Waals surface area contributed by atoms with E-state index in [1.54, 1.807) is 12.1 Å². The van der Waals surface area contributed by atoms with E-state index in [1.807, 2.05) is 0 Å². The minimum absolute atomic E-state index is 0.0961. The quantitative estimate of drug-likeness (QED) is 0.697. The smallest absolute Gasteiger partial charge is 0.320 e. The highest BCUT2D eigenvalue weighted by Gasteiger charge is 2.17. The molecule has 0 bridgehead atoms. The third kappa shape index (κ3) is 5.65. The number of benzene rings is 1. The van der Waals surface area contributed by atoms with Crippen LogP contribution in [0, 0.1) is 0 Å². The van der Waals surface area contributed by atoms with Crippen molar-refractivity contribution in [2.75, 3.05) is 21.3 Å². The van der Waals surface area contributed by atoms with Crippen LogP contribution in [0.2, 0.25) is 0 Å². The highest BCUT2D eigenvalue weighted by atomic mass is 32.2. The zero-order chi connectivity index (χ0) is 17.4. The molecule has 1 aromatic carbocycles. The number of rotatable bonds is 9. The zero-order valence-corrected chi connectivity index (χ0v) is 14.1. The number of carbonyl (C=O) groups is 2. The van der Waals surface area contributed by atoms with Gasteiger partial charge in [-0.2, -0.15) is 0 Å². The van der Waals surface area contributed by atoms with Gasteiger partial charge in [-0.05, 0) is 6.42 Å². The monoisotopic (exact) mass is 343 g/mol. The van der Waals surface area contributed by atoms with Gasteiger partial charge in [0.1, 0.15) is 23.3 Å². The topological polar surface area (TPSA) is 108 Å². The molecule has 3 N–H and O–H groups in total. The molecular formula is C15H21NO6S. The van der Waals surface area contributed by atoms with Gasteiger partial charge in [0.25, 0.3) is 0 Å². The summed E-state index contributed by atoms with van der Waals surface area (Å²) in [5.41, 5.74) is 6.11. The van der Waals surface area contributed by atoms with Crippen LogP contribution in [0.25, 0.3) is 0 Å². The van der Waals surface area contributed by atoms with Gasteiger partial charge in [-0.15, -0.1) is 0 Å². The van der Waals surface area contributed by atoms with Crippen molar-refractivity contribution in [2.45, 2.75) is 24.6 Å². The summed E-state index contributed by atoms with van der Waals surface area (Å²) >= 11 is 1.07. The van der Waals surface area contributed by atoms with Crippen molar-refractivity contribution in [1.29, 1.82) is 0 Å². The molecule has 1 aromatic rings. The molecule has 128 valence electrons. The van der Waals surface area contributed by atoms with Crippen molar-refractivity contribution in [3.8, 4) is 17.2 Å². The third-order valence-corrected chi connectivity index (χ3v) is 4.13. The average Bonchev–Trinajstić information content (AvgIpc) is 2.56. The first kappa shape index (κ1) is 19.1. The van der Waals surface area contributed by atoms with E-state index in [1.165, 1.54) is 21.3 Å². The van der Waals surface area contributed by atoms with Crippen molar-refractivity contribution in [3.63, 3.8) is 0 Å². The molecule has 0 spiro atoms. The molecule has 0 saturated carbocycles. The van der Waals surface area contributed by atoms with Crippen LogP contribution in [-0.4, -0.2) is 43.6 Å². The maximum Gasteiger partial charge on any atom is 0.320 e. The van der Waals surface area contributed by atoms with Crippen LogP contribution in [0.15, 0.2) is 12.1 Å². The summed E-state index contributed by atoms with van der Waals surface area (Å²) in [5, 5.41) is 8.56. The molecule has 23 heavy (non-hydrogen) atoms. The van der Waals surface area contributed by atoms with E-state index >= 15 is 0 Å². The van der Waals surface area contributed by atoms with Crippen LogP contribution >= 0.6 is 11.8 Å². The molecule has 0 unspecified atom stereocenters. The summed E-state index contributed by atoms with van der Waals surface area (Å²) in [7, 11) is 4.59. The first-order chi connectivity index (χ1) is 10.9. The summed E-state index contributed by atoms with van der Waals surface area (Å²) in [5.74, 6) is 0.942. The predicted molar refractivity (Wildman–Crippen MR) is 87.2 cm³/mol. The summed E-state index contributed by atoms with van der Waals surface area (Å²) in [4.78, 5) is 22.5. The molecule has 1 atom stereocenters. The van der Waals surface area contributed by atoms with Crippen molar-refractivity contribution in [3.05, 3.63) is 17.7 Å². The van der Waals surface area contributed by atoms with Gasteiger partial charge in [0.15, 0.2) is 5.12 Å². The first-order valence-corrected chi connectivity index (χ1v) is 7.84. The van der Waals surface area contributed by atoms with E-state index in [0.717, 1.165) is 17.3 Å². The number of methoxy groups -OCH3 is 3. The number of hydrogen-bond donors (Lipinski definition) is 2. The fraction of sp³-hybridized carbons (Fsp3) is 0.467. The van der Waals surface area contributed by atoms with Crippen molar-refractivity contribution in [2.24, 2.45) is 5.73 Å². The summed E-state index contributed by atoms with van der Waals surface area (Å²) in [6, 6.07) is 2.40. The Kier molecular flexibility index (Phi) is 7.70. The van der Waals surface area contributed by atoms with Gasteiger partial charge in [-0.3, -0.25) is 9.59 Å².